The molecule has 0 bridgehead atoms. The summed E-state index contributed by atoms with van der Waals surface area (Å²) in [6.07, 6.45) is 15.9. The fourth-order valence-corrected chi connectivity index (χ4v) is 6.37. The zero-order valence-corrected chi connectivity index (χ0v) is 36.1. The van der Waals surface area contributed by atoms with E-state index in [4.69, 9.17) is 10.6 Å². The molecular weight excluding hydrogens is 709 g/mol. The highest BCUT2D eigenvalue weighted by molar-refractivity contribution is 6.37. The summed E-state index contributed by atoms with van der Waals surface area (Å²) in [5.41, 5.74) is 8.28. The Morgan fingerprint density at radius 1 is 1.11 bits per heavy atom. The van der Waals surface area contributed by atoms with Gasteiger partial charge in [0.2, 0.25) is 0 Å². The summed E-state index contributed by atoms with van der Waals surface area (Å²) < 4.78 is 7.77. The number of hydrazone groups is 1. The van der Waals surface area contributed by atoms with E-state index in [1.165, 1.54) is 30.5 Å². The highest BCUT2D eigenvalue weighted by atomic mass is 16.5. The molecule has 2 atom stereocenters. The minimum absolute atomic E-state index is 0. The highest BCUT2D eigenvalue weighted by Gasteiger charge is 2.34. The van der Waals surface area contributed by atoms with Crippen molar-refractivity contribution in [1.29, 1.82) is 0 Å². The van der Waals surface area contributed by atoms with Gasteiger partial charge in [-0.2, -0.15) is 5.10 Å². The van der Waals surface area contributed by atoms with E-state index in [2.05, 4.69) is 131 Å². The van der Waals surface area contributed by atoms with Gasteiger partial charge in [0.1, 0.15) is 5.71 Å². The first-order valence-corrected chi connectivity index (χ1v) is 21.0. The van der Waals surface area contributed by atoms with Crippen LogP contribution in [0.5, 0.6) is 0 Å². The number of hydrogen-bond donors (Lipinski definition) is 2. The summed E-state index contributed by atoms with van der Waals surface area (Å²) in [5, 5.41) is 15.8. The van der Waals surface area contributed by atoms with Crippen LogP contribution in [-0.2, 0) is 17.7 Å². The van der Waals surface area contributed by atoms with Crippen molar-refractivity contribution in [3.8, 4) is 11.8 Å². The van der Waals surface area contributed by atoms with Crippen LogP contribution >= 0.6 is 0 Å². The molecule has 2 aliphatic rings. The van der Waals surface area contributed by atoms with Gasteiger partial charge < -0.3 is 20.8 Å². The first-order chi connectivity index (χ1) is 27.7. The number of benzene rings is 1. The van der Waals surface area contributed by atoms with Crippen LogP contribution in [-0.4, -0.2) is 75.8 Å². The monoisotopic (exact) mass is 779 g/mol. The lowest BCUT2D eigenvalue weighted by molar-refractivity contribution is 0.00369. The minimum atomic E-state index is 0. The first-order valence-electron chi connectivity index (χ1n) is 21.0. The molecular formula is C46H70N10O. The molecule has 0 aliphatic carbocycles. The molecule has 3 aromatic heterocycles. The second-order valence-electron chi connectivity index (χ2n) is 14.9. The number of nitrogens with one attached hydrogen (secondary N) is 1. The number of anilines is 2. The Kier molecular flexibility index (Phi) is 20.5. The van der Waals surface area contributed by atoms with Gasteiger partial charge in [-0.05, 0) is 79.0 Å². The van der Waals surface area contributed by atoms with Crippen LogP contribution in [0.15, 0.2) is 77.3 Å². The smallest absolute Gasteiger partial charge is 0.126 e. The average molecular weight is 779 g/mol. The van der Waals surface area contributed by atoms with Gasteiger partial charge in [0.05, 0.1) is 42.5 Å². The van der Waals surface area contributed by atoms with E-state index in [0.717, 1.165) is 80.3 Å². The van der Waals surface area contributed by atoms with E-state index >= 15 is 0 Å². The van der Waals surface area contributed by atoms with Gasteiger partial charge in [-0.1, -0.05) is 97.9 Å². The molecule has 1 aromatic carbocycles. The number of rotatable bonds is 12. The Bertz CT molecular complexity index is 1850. The van der Waals surface area contributed by atoms with Crippen molar-refractivity contribution in [3.63, 3.8) is 0 Å². The third-order valence-corrected chi connectivity index (χ3v) is 9.21. The lowest BCUT2D eigenvalue weighted by atomic mass is 9.84. The van der Waals surface area contributed by atoms with Gasteiger partial charge in [0, 0.05) is 69.6 Å². The predicted molar refractivity (Wildman–Crippen MR) is 241 cm³/mol. The van der Waals surface area contributed by atoms with Crippen molar-refractivity contribution in [2.45, 2.75) is 119 Å². The third-order valence-electron chi connectivity index (χ3n) is 9.21. The van der Waals surface area contributed by atoms with E-state index in [0.29, 0.717) is 17.7 Å². The molecule has 2 aliphatic heterocycles. The van der Waals surface area contributed by atoms with Gasteiger partial charge in [0.25, 0.3) is 0 Å². The second-order valence-corrected chi connectivity index (χ2v) is 14.9. The maximum absolute atomic E-state index is 5.82. The van der Waals surface area contributed by atoms with Crippen LogP contribution < -0.4 is 16.1 Å². The van der Waals surface area contributed by atoms with E-state index in [1.807, 2.05) is 36.7 Å². The molecule has 5 heterocycles. The number of aryl methyl sites for hydroxylation is 1. The van der Waals surface area contributed by atoms with Crippen LogP contribution in [0, 0.1) is 17.3 Å². The Morgan fingerprint density at radius 2 is 1.89 bits per heavy atom. The molecule has 4 aromatic rings. The summed E-state index contributed by atoms with van der Waals surface area (Å²) in [5.74, 6) is 12.0. The molecule has 2 saturated heterocycles. The average Bonchev–Trinajstić information content (AvgIpc) is 3.70. The first kappa shape index (κ1) is 46.3. The van der Waals surface area contributed by atoms with E-state index in [-0.39, 0.29) is 13.4 Å². The fraction of sp³-hybridized carbons (Fsp3) is 0.522. The molecule has 0 spiro atoms. The lowest BCUT2D eigenvalue weighted by Crippen LogP contribution is -2.53. The highest BCUT2D eigenvalue weighted by Crippen LogP contribution is 2.35. The number of pyridine rings is 2. The summed E-state index contributed by atoms with van der Waals surface area (Å²) in [6, 6.07) is 14.7. The summed E-state index contributed by atoms with van der Waals surface area (Å²) >= 11 is 0. The quantitative estimate of drug-likeness (QED) is 0.0630. The van der Waals surface area contributed by atoms with Crippen molar-refractivity contribution >= 4 is 23.3 Å². The number of aromatic nitrogens is 5. The molecule has 0 saturated carbocycles. The van der Waals surface area contributed by atoms with Crippen LogP contribution in [0.2, 0.25) is 0 Å². The molecule has 310 valence electrons. The molecule has 3 N–H and O–H groups in total. The topological polar surface area (TPSA) is 132 Å². The lowest BCUT2D eigenvalue weighted by Gasteiger charge is -2.47. The normalized spacial score (nSPS) is 16.3. The summed E-state index contributed by atoms with van der Waals surface area (Å²) in [6.45, 7) is 24.5. The van der Waals surface area contributed by atoms with E-state index < -0.39 is 0 Å². The zero-order valence-electron chi connectivity index (χ0n) is 36.1. The largest absolute Gasteiger partial charge is 0.376 e. The van der Waals surface area contributed by atoms with Crippen molar-refractivity contribution in [1.82, 2.24) is 25.0 Å². The maximum Gasteiger partial charge on any atom is 0.126 e. The van der Waals surface area contributed by atoms with Crippen LogP contribution in [0.1, 0.15) is 130 Å². The standard InChI is InChI=1S/C21H30N4O.C20H24N6.C3H8.C2H6.H2/c1-16(17-7-6-8-18(11-17)24-14-21(2,3)15-24)20-13-25(23-22-20)12-19-9-4-5-10-26-19;1-3-9-22-15-19(26-21)20-17(4-2)12-16(13-25-20)7-5-11-24-18-8-6-10-23-14-18;1-3-2;1-2;/h6-8,11,13,16,19H,4-5,9-10,12,14-15H2,1-3H3;6,8,10,12-15,24H,3-4,9,11,21H2,1-2H3;3H2,1-2H3;1-2H3;1H/b;22-15?,26-19+;;;. The van der Waals surface area contributed by atoms with E-state index in [9.17, 15) is 0 Å². The number of ether oxygens (including phenoxy) is 1. The van der Waals surface area contributed by atoms with Crippen molar-refractivity contribution < 1.29 is 6.16 Å². The molecule has 6 rings (SSSR count). The summed E-state index contributed by atoms with van der Waals surface area (Å²) in [4.78, 5) is 15.3. The van der Waals surface area contributed by atoms with Crippen LogP contribution in [0.4, 0.5) is 11.4 Å². The molecule has 0 radical (unpaired) electrons. The van der Waals surface area contributed by atoms with Crippen LogP contribution in [0.3, 0.4) is 0 Å². The fourth-order valence-electron chi connectivity index (χ4n) is 6.37. The Hall–Kier alpha value is -5.08. The Balaban J connectivity index is 0.000000355. The van der Waals surface area contributed by atoms with Gasteiger partial charge in [-0.25, -0.2) is 4.68 Å². The second kappa shape index (κ2) is 25.2. The molecule has 0 amide bonds. The van der Waals surface area contributed by atoms with Crippen molar-refractivity contribution in [2.24, 2.45) is 21.4 Å². The van der Waals surface area contributed by atoms with E-state index in [1.54, 1.807) is 24.8 Å². The maximum atomic E-state index is 5.82. The molecule has 2 fully saturated rings. The number of hydrogen-bond acceptors (Lipinski definition) is 10. The predicted octanol–water partition coefficient (Wildman–Crippen LogP) is 9.18. The molecule has 2 unspecified atom stereocenters. The van der Waals surface area contributed by atoms with Gasteiger partial charge in [0.15, 0.2) is 0 Å². The number of nitrogens with zero attached hydrogens (tertiary/aromatic N) is 8. The van der Waals surface area contributed by atoms with Crippen LogP contribution in [0.25, 0.3) is 0 Å². The van der Waals surface area contributed by atoms with Gasteiger partial charge >= 0.3 is 0 Å². The minimum Gasteiger partial charge on any atom is -0.376 e. The molecule has 57 heavy (non-hydrogen) atoms. The molecule has 11 nitrogen and oxygen atoms in total. The number of nitrogens with two attached hydrogens (primary N) is 1. The zero-order chi connectivity index (χ0) is 41.5. The Labute approximate surface area is 344 Å². The number of aliphatic imine (C=N–C) groups is 1. The van der Waals surface area contributed by atoms with Gasteiger partial charge in [-0.15, -0.1) is 5.10 Å². The molecule has 11 heteroatoms. The summed E-state index contributed by atoms with van der Waals surface area (Å²) in [7, 11) is 0. The van der Waals surface area contributed by atoms with Crippen molar-refractivity contribution in [2.75, 3.05) is 43.0 Å². The van der Waals surface area contributed by atoms with Gasteiger partial charge in [-0.3, -0.25) is 15.0 Å². The SMILES string of the molecule is CC.CC(c1cccc(N2CC(C)(C)C2)c1)c1cn(CC2CCCCO2)nn1.CCC.CCCN=C/C(=N\N)c1ncc(C#CCNc2cccnc2)cc1CC.[HH]. The Morgan fingerprint density at radius 3 is 2.54 bits per heavy atom. The van der Waals surface area contributed by atoms with Crippen molar-refractivity contribution in [3.05, 3.63) is 95.3 Å². The third kappa shape index (κ3) is 15.4.